The molecule has 1 fully saturated rings. The average Bonchev–Trinajstić information content (AvgIpc) is 3.20. The Morgan fingerprint density at radius 2 is 1.68 bits per heavy atom. The Bertz CT molecular complexity index is 1390. The molecule has 0 saturated carbocycles. The van der Waals surface area contributed by atoms with Crippen LogP contribution in [0.4, 0.5) is 15.8 Å². The number of aromatic nitrogens is 2. The first-order valence-electron chi connectivity index (χ1n) is 11.8. The number of fused-ring (bicyclic) bond motifs is 2. The molecule has 6 nitrogen and oxygen atoms in total. The maximum atomic E-state index is 13.6. The van der Waals surface area contributed by atoms with Gasteiger partial charge in [-0.3, -0.25) is 9.47 Å². The zero-order valence-electron chi connectivity index (χ0n) is 19.1. The van der Waals surface area contributed by atoms with Crippen LogP contribution in [0.25, 0.3) is 11.0 Å². The van der Waals surface area contributed by atoms with Gasteiger partial charge in [-0.15, -0.1) is 0 Å². The van der Waals surface area contributed by atoms with Gasteiger partial charge in [0, 0.05) is 24.8 Å². The first-order chi connectivity index (χ1) is 16.5. The van der Waals surface area contributed by atoms with E-state index in [2.05, 4.69) is 21.7 Å². The number of ether oxygens (including phenoxy) is 1. The number of hydrogen-bond donors (Lipinski definition) is 1. The standard InChI is InChI=1S/C27H27FN4O2/c1-27(18-31(20-12-10-19(28)11-13-20)24-8-4-5-9-25(24)34-27)30-16-14-21(15-17-30)32-23-7-3-2-6-22(23)29-26(32)33/h2-13,21H,14-18H2,1H3,(H,29,33). The van der Waals surface area contributed by atoms with E-state index in [1.807, 2.05) is 65.2 Å². The number of aromatic amines is 1. The van der Waals surface area contributed by atoms with Crippen molar-refractivity contribution in [2.75, 3.05) is 24.5 Å². The Morgan fingerprint density at radius 1 is 0.971 bits per heavy atom. The van der Waals surface area contributed by atoms with E-state index in [4.69, 9.17) is 4.74 Å². The van der Waals surface area contributed by atoms with E-state index in [0.717, 1.165) is 54.1 Å². The number of para-hydroxylation sites is 4. The SMILES string of the molecule is CC1(N2CCC(n3c(=O)[nH]c4ccccc43)CC2)CN(c2ccc(F)cc2)c2ccccc2O1. The van der Waals surface area contributed by atoms with Crippen LogP contribution in [0.5, 0.6) is 5.75 Å². The number of rotatable bonds is 3. The van der Waals surface area contributed by atoms with Crippen molar-refractivity contribution >= 4 is 22.4 Å². The van der Waals surface area contributed by atoms with Crippen molar-refractivity contribution in [3.8, 4) is 5.75 Å². The number of anilines is 2. The Labute approximate surface area is 197 Å². The molecule has 7 heteroatoms. The van der Waals surface area contributed by atoms with Gasteiger partial charge in [0.05, 0.1) is 23.3 Å². The number of H-pyrrole nitrogens is 1. The molecule has 4 aromatic rings. The largest absolute Gasteiger partial charge is 0.469 e. The fraction of sp³-hybridized carbons (Fsp3) is 0.296. The second-order valence-corrected chi connectivity index (χ2v) is 9.34. The third-order valence-electron chi connectivity index (χ3n) is 7.20. The molecular weight excluding hydrogens is 431 g/mol. The highest BCUT2D eigenvalue weighted by Gasteiger charge is 2.43. The molecule has 0 bridgehead atoms. The van der Waals surface area contributed by atoms with Gasteiger partial charge in [-0.05, 0) is 68.3 Å². The Hall–Kier alpha value is -3.58. The van der Waals surface area contributed by atoms with E-state index >= 15 is 0 Å². The first-order valence-corrected chi connectivity index (χ1v) is 11.8. The number of likely N-dealkylation sites (tertiary alicyclic amines) is 1. The number of hydrogen-bond acceptors (Lipinski definition) is 4. The normalized spacial score (nSPS) is 21.4. The molecule has 1 saturated heterocycles. The molecule has 3 heterocycles. The van der Waals surface area contributed by atoms with Gasteiger partial charge in [0.2, 0.25) is 0 Å². The van der Waals surface area contributed by atoms with Crippen LogP contribution in [0, 0.1) is 5.82 Å². The van der Waals surface area contributed by atoms with Crippen molar-refractivity contribution in [1.29, 1.82) is 0 Å². The molecule has 174 valence electrons. The molecule has 2 aliphatic rings. The van der Waals surface area contributed by atoms with E-state index in [-0.39, 0.29) is 17.5 Å². The van der Waals surface area contributed by atoms with E-state index in [9.17, 15) is 9.18 Å². The number of nitrogens with zero attached hydrogens (tertiary/aromatic N) is 3. The number of imidazole rings is 1. The van der Waals surface area contributed by atoms with Crippen molar-refractivity contribution in [3.63, 3.8) is 0 Å². The monoisotopic (exact) mass is 458 g/mol. The Kier molecular flexibility index (Phi) is 4.95. The highest BCUT2D eigenvalue weighted by atomic mass is 19.1. The zero-order valence-corrected chi connectivity index (χ0v) is 19.1. The molecule has 1 aromatic heterocycles. The lowest BCUT2D eigenvalue weighted by Crippen LogP contribution is -2.61. The molecule has 1 N–H and O–H groups in total. The quantitative estimate of drug-likeness (QED) is 0.467. The van der Waals surface area contributed by atoms with Gasteiger partial charge in [-0.1, -0.05) is 24.3 Å². The Balaban J connectivity index is 1.27. The molecule has 6 rings (SSSR count). The molecule has 0 amide bonds. The van der Waals surface area contributed by atoms with Gasteiger partial charge >= 0.3 is 5.69 Å². The van der Waals surface area contributed by atoms with E-state index < -0.39 is 5.72 Å². The van der Waals surface area contributed by atoms with Crippen LogP contribution < -0.4 is 15.3 Å². The summed E-state index contributed by atoms with van der Waals surface area (Å²) < 4.78 is 22.1. The van der Waals surface area contributed by atoms with Gasteiger partial charge in [-0.2, -0.15) is 0 Å². The average molecular weight is 459 g/mol. The van der Waals surface area contributed by atoms with Crippen molar-refractivity contribution in [1.82, 2.24) is 14.5 Å². The lowest BCUT2D eigenvalue weighted by atomic mass is 9.99. The third-order valence-corrected chi connectivity index (χ3v) is 7.20. The zero-order chi connectivity index (χ0) is 23.3. The molecule has 3 aromatic carbocycles. The predicted octanol–water partition coefficient (Wildman–Crippen LogP) is 5.05. The van der Waals surface area contributed by atoms with Crippen LogP contribution in [0.3, 0.4) is 0 Å². The number of benzene rings is 3. The van der Waals surface area contributed by atoms with E-state index in [0.29, 0.717) is 6.54 Å². The lowest BCUT2D eigenvalue weighted by molar-refractivity contribution is -0.0819. The summed E-state index contributed by atoms with van der Waals surface area (Å²) in [6, 6.07) is 22.6. The van der Waals surface area contributed by atoms with Crippen LogP contribution in [0.1, 0.15) is 25.8 Å². The molecule has 34 heavy (non-hydrogen) atoms. The van der Waals surface area contributed by atoms with Crippen molar-refractivity contribution < 1.29 is 9.13 Å². The summed E-state index contributed by atoms with van der Waals surface area (Å²) >= 11 is 0. The summed E-state index contributed by atoms with van der Waals surface area (Å²) in [6.07, 6.45) is 1.72. The molecule has 1 unspecified atom stereocenters. The summed E-state index contributed by atoms with van der Waals surface area (Å²) in [5, 5.41) is 0. The molecule has 2 aliphatic heterocycles. The highest BCUT2D eigenvalue weighted by molar-refractivity contribution is 5.75. The summed E-state index contributed by atoms with van der Waals surface area (Å²) in [4.78, 5) is 20.2. The number of nitrogens with one attached hydrogen (secondary N) is 1. The Morgan fingerprint density at radius 3 is 2.47 bits per heavy atom. The van der Waals surface area contributed by atoms with Crippen molar-refractivity contribution in [2.24, 2.45) is 0 Å². The molecule has 0 spiro atoms. The highest BCUT2D eigenvalue weighted by Crippen LogP contribution is 2.43. The number of halogens is 1. The number of piperidine rings is 1. The molecule has 1 atom stereocenters. The summed E-state index contributed by atoms with van der Waals surface area (Å²) in [6.45, 7) is 4.37. The molecular formula is C27H27FN4O2. The van der Waals surface area contributed by atoms with Gasteiger partial charge in [0.1, 0.15) is 11.6 Å². The summed E-state index contributed by atoms with van der Waals surface area (Å²) in [5.41, 5.74) is 3.15. The van der Waals surface area contributed by atoms with Crippen LogP contribution in [-0.2, 0) is 0 Å². The van der Waals surface area contributed by atoms with Crippen molar-refractivity contribution in [2.45, 2.75) is 31.5 Å². The van der Waals surface area contributed by atoms with E-state index in [1.54, 1.807) is 0 Å². The maximum Gasteiger partial charge on any atom is 0.326 e. The molecule has 0 aliphatic carbocycles. The van der Waals surface area contributed by atoms with Crippen LogP contribution in [0.2, 0.25) is 0 Å². The fourth-order valence-electron chi connectivity index (χ4n) is 5.46. The molecule has 0 radical (unpaired) electrons. The predicted molar refractivity (Wildman–Crippen MR) is 131 cm³/mol. The van der Waals surface area contributed by atoms with Gasteiger partial charge < -0.3 is 14.6 Å². The smallest absolute Gasteiger partial charge is 0.326 e. The van der Waals surface area contributed by atoms with Crippen LogP contribution >= 0.6 is 0 Å². The van der Waals surface area contributed by atoms with Crippen LogP contribution in [-0.4, -0.2) is 39.8 Å². The van der Waals surface area contributed by atoms with Crippen molar-refractivity contribution in [3.05, 3.63) is 89.1 Å². The lowest BCUT2D eigenvalue weighted by Gasteiger charge is -2.50. The van der Waals surface area contributed by atoms with Gasteiger partial charge in [0.15, 0.2) is 5.72 Å². The third kappa shape index (κ3) is 3.47. The second-order valence-electron chi connectivity index (χ2n) is 9.34. The minimum absolute atomic E-state index is 0.0452. The van der Waals surface area contributed by atoms with Gasteiger partial charge in [0.25, 0.3) is 0 Å². The minimum atomic E-state index is -0.557. The topological polar surface area (TPSA) is 53.5 Å². The maximum absolute atomic E-state index is 13.6. The van der Waals surface area contributed by atoms with E-state index in [1.165, 1.54) is 12.1 Å². The first kappa shape index (κ1) is 21.0. The minimum Gasteiger partial charge on any atom is -0.469 e. The van der Waals surface area contributed by atoms with Crippen LogP contribution in [0.15, 0.2) is 77.6 Å². The summed E-state index contributed by atoms with van der Waals surface area (Å²) in [7, 11) is 0. The fourth-order valence-corrected chi connectivity index (χ4v) is 5.46. The summed E-state index contributed by atoms with van der Waals surface area (Å²) in [5.74, 6) is 0.568. The second kappa shape index (κ2) is 8.02. The van der Waals surface area contributed by atoms with Gasteiger partial charge in [-0.25, -0.2) is 9.18 Å².